The van der Waals surface area contributed by atoms with E-state index < -0.39 is 0 Å². The first-order valence-electron chi connectivity index (χ1n) is 9.61. The highest BCUT2D eigenvalue weighted by Crippen LogP contribution is 2.27. The van der Waals surface area contributed by atoms with E-state index in [2.05, 4.69) is 77.5 Å². The van der Waals surface area contributed by atoms with Gasteiger partial charge in [-0.25, -0.2) is 0 Å². The summed E-state index contributed by atoms with van der Waals surface area (Å²) in [6.45, 7) is 9.09. The Hall–Kier alpha value is -1.71. The highest BCUT2D eigenvalue weighted by molar-refractivity contribution is 5.85. The van der Waals surface area contributed by atoms with Gasteiger partial charge in [-0.1, -0.05) is 35.9 Å². The topological polar surface area (TPSA) is 18.5 Å². The van der Waals surface area contributed by atoms with Crippen molar-refractivity contribution in [3.63, 3.8) is 0 Å². The molecule has 0 aromatic heterocycles. The molecular weight excluding hydrogens is 342 g/mol. The lowest BCUT2D eigenvalue weighted by Crippen LogP contribution is -2.54. The molecule has 2 aromatic carbocycles. The van der Waals surface area contributed by atoms with Gasteiger partial charge in [-0.2, -0.15) is 0 Å². The Morgan fingerprint density at radius 3 is 2.38 bits per heavy atom. The van der Waals surface area contributed by atoms with E-state index in [-0.39, 0.29) is 12.4 Å². The molecule has 2 aromatic rings. The maximum absolute atomic E-state index is 3.79. The molecule has 0 spiro atoms. The Labute approximate surface area is 163 Å². The minimum Gasteiger partial charge on any atom is -0.381 e. The van der Waals surface area contributed by atoms with E-state index in [9.17, 15) is 0 Å². The lowest BCUT2D eigenvalue weighted by atomic mass is 9.93. The number of benzene rings is 2. The van der Waals surface area contributed by atoms with Crippen LogP contribution in [-0.4, -0.2) is 43.2 Å². The molecule has 0 aliphatic carbocycles. The van der Waals surface area contributed by atoms with E-state index in [1.165, 1.54) is 35.3 Å². The molecule has 4 heteroatoms. The lowest BCUT2D eigenvalue weighted by molar-refractivity contribution is 0.175. The second kappa shape index (κ2) is 8.32. The molecule has 2 heterocycles. The van der Waals surface area contributed by atoms with E-state index in [1.54, 1.807) is 0 Å². The number of rotatable bonds is 3. The third-order valence-electron chi connectivity index (χ3n) is 5.95. The molecule has 2 aliphatic heterocycles. The number of nitrogens with zero attached hydrogens (tertiary/aromatic N) is 2. The number of halogens is 1. The van der Waals surface area contributed by atoms with Gasteiger partial charge in [0.15, 0.2) is 0 Å². The van der Waals surface area contributed by atoms with E-state index in [0.717, 1.165) is 26.2 Å². The first-order chi connectivity index (χ1) is 12.2. The van der Waals surface area contributed by atoms with Crippen molar-refractivity contribution >= 4 is 23.8 Å². The zero-order valence-corrected chi connectivity index (χ0v) is 16.6. The predicted molar refractivity (Wildman–Crippen MR) is 114 cm³/mol. The van der Waals surface area contributed by atoms with E-state index in [4.69, 9.17) is 0 Å². The monoisotopic (exact) mass is 371 g/mol. The van der Waals surface area contributed by atoms with Gasteiger partial charge in [-0.05, 0) is 50.5 Å². The summed E-state index contributed by atoms with van der Waals surface area (Å²) in [4.78, 5) is 5.18. The second-order valence-corrected chi connectivity index (χ2v) is 7.55. The third-order valence-corrected chi connectivity index (χ3v) is 5.95. The van der Waals surface area contributed by atoms with Crippen LogP contribution < -0.4 is 10.2 Å². The quantitative estimate of drug-likeness (QED) is 0.865. The van der Waals surface area contributed by atoms with Gasteiger partial charge in [0.25, 0.3) is 0 Å². The minimum absolute atomic E-state index is 0. The van der Waals surface area contributed by atoms with Crippen LogP contribution in [-0.2, 0) is 6.42 Å². The maximum atomic E-state index is 3.79. The van der Waals surface area contributed by atoms with Crippen molar-refractivity contribution < 1.29 is 0 Å². The summed E-state index contributed by atoms with van der Waals surface area (Å²) in [6, 6.07) is 18.8. The number of hydrogen-bond acceptors (Lipinski definition) is 3. The zero-order chi connectivity index (χ0) is 17.2. The van der Waals surface area contributed by atoms with Gasteiger partial charge in [-0.3, -0.25) is 4.90 Å². The van der Waals surface area contributed by atoms with Gasteiger partial charge in [0.2, 0.25) is 0 Å². The molecule has 0 radical (unpaired) electrons. The summed E-state index contributed by atoms with van der Waals surface area (Å²) >= 11 is 0. The second-order valence-electron chi connectivity index (χ2n) is 7.55. The first kappa shape index (κ1) is 19.1. The predicted octanol–water partition coefficient (Wildman–Crippen LogP) is 4.35. The van der Waals surface area contributed by atoms with Crippen LogP contribution in [0.25, 0.3) is 0 Å². The van der Waals surface area contributed by atoms with Crippen LogP contribution in [0, 0.1) is 6.92 Å². The van der Waals surface area contributed by atoms with E-state index >= 15 is 0 Å². The summed E-state index contributed by atoms with van der Waals surface area (Å²) in [7, 11) is 0. The average molecular weight is 372 g/mol. The Kier molecular flexibility index (Phi) is 6.10. The van der Waals surface area contributed by atoms with Crippen molar-refractivity contribution in [2.75, 3.05) is 36.4 Å². The summed E-state index contributed by atoms with van der Waals surface area (Å²) in [6.07, 6.45) is 2.43. The molecule has 0 amide bonds. The fraction of sp³-hybridized carbons (Fsp3) is 0.455. The van der Waals surface area contributed by atoms with Gasteiger partial charge >= 0.3 is 0 Å². The van der Waals surface area contributed by atoms with Crippen LogP contribution in [0.5, 0.6) is 0 Å². The Bertz CT molecular complexity index is 708. The van der Waals surface area contributed by atoms with Crippen LogP contribution >= 0.6 is 12.4 Å². The number of nitrogens with one attached hydrogen (secondary N) is 1. The Morgan fingerprint density at radius 1 is 0.962 bits per heavy atom. The molecule has 0 bridgehead atoms. The van der Waals surface area contributed by atoms with Crippen molar-refractivity contribution in [3.05, 3.63) is 59.7 Å². The Morgan fingerprint density at radius 2 is 1.65 bits per heavy atom. The van der Waals surface area contributed by atoms with Crippen LogP contribution in [0.4, 0.5) is 11.4 Å². The molecule has 140 valence electrons. The molecule has 4 rings (SSSR count). The van der Waals surface area contributed by atoms with Crippen molar-refractivity contribution in [3.8, 4) is 0 Å². The average Bonchev–Trinajstić information content (AvgIpc) is 2.68. The molecule has 2 aliphatic rings. The number of anilines is 2. The third kappa shape index (κ3) is 3.99. The molecule has 2 unspecified atom stereocenters. The fourth-order valence-corrected chi connectivity index (χ4v) is 4.22. The molecule has 1 fully saturated rings. The minimum atomic E-state index is 0. The Balaban J connectivity index is 0.00000196. The van der Waals surface area contributed by atoms with Crippen LogP contribution in [0.15, 0.2) is 48.5 Å². The maximum Gasteiger partial charge on any atom is 0.0417 e. The standard InChI is InChI=1S/C22H29N3.ClH/c1-17-7-10-20(11-8-17)25-15-13-24(14-16-25)18(2)21-12-9-19-5-3-4-6-22(19)23-21;/h3-8,10-11,18,21,23H,9,12-16H2,1-2H3;1H. The lowest BCUT2D eigenvalue weighted by Gasteiger charge is -2.43. The van der Waals surface area contributed by atoms with Crippen molar-refractivity contribution in [1.29, 1.82) is 0 Å². The normalized spacial score (nSPS) is 21.3. The summed E-state index contributed by atoms with van der Waals surface area (Å²) in [5.74, 6) is 0. The molecular formula is C22H30ClN3. The highest BCUT2D eigenvalue weighted by Gasteiger charge is 2.29. The molecule has 2 atom stereocenters. The summed E-state index contributed by atoms with van der Waals surface area (Å²) in [5, 5.41) is 3.79. The van der Waals surface area contributed by atoms with Crippen LogP contribution in [0.1, 0.15) is 24.5 Å². The van der Waals surface area contributed by atoms with E-state index in [0.29, 0.717) is 12.1 Å². The first-order valence-corrected chi connectivity index (χ1v) is 9.61. The zero-order valence-electron chi connectivity index (χ0n) is 15.8. The largest absolute Gasteiger partial charge is 0.381 e. The van der Waals surface area contributed by atoms with Gasteiger partial charge in [0, 0.05) is 49.6 Å². The van der Waals surface area contributed by atoms with Gasteiger partial charge in [0.1, 0.15) is 0 Å². The fourth-order valence-electron chi connectivity index (χ4n) is 4.22. The van der Waals surface area contributed by atoms with Crippen molar-refractivity contribution in [1.82, 2.24) is 4.90 Å². The number of piperazine rings is 1. The van der Waals surface area contributed by atoms with Crippen LogP contribution in [0.2, 0.25) is 0 Å². The van der Waals surface area contributed by atoms with Gasteiger partial charge < -0.3 is 10.2 Å². The molecule has 1 saturated heterocycles. The number of hydrogen-bond donors (Lipinski definition) is 1. The smallest absolute Gasteiger partial charge is 0.0417 e. The molecule has 3 nitrogen and oxygen atoms in total. The number of para-hydroxylation sites is 1. The van der Waals surface area contributed by atoms with E-state index in [1.807, 2.05) is 0 Å². The summed E-state index contributed by atoms with van der Waals surface area (Å²) in [5.41, 5.74) is 5.50. The van der Waals surface area contributed by atoms with Crippen molar-refractivity contribution in [2.24, 2.45) is 0 Å². The van der Waals surface area contributed by atoms with Crippen LogP contribution in [0.3, 0.4) is 0 Å². The highest BCUT2D eigenvalue weighted by atomic mass is 35.5. The SMILES string of the molecule is Cc1ccc(N2CCN(C(C)C3CCc4ccccc4N3)CC2)cc1.Cl. The van der Waals surface area contributed by atoms with Gasteiger partial charge in [0.05, 0.1) is 0 Å². The van der Waals surface area contributed by atoms with Gasteiger partial charge in [-0.15, -0.1) is 12.4 Å². The molecule has 1 N–H and O–H groups in total. The summed E-state index contributed by atoms with van der Waals surface area (Å²) < 4.78 is 0. The number of aryl methyl sites for hydroxylation is 2. The number of fused-ring (bicyclic) bond motifs is 1. The molecule has 0 saturated carbocycles. The molecule has 26 heavy (non-hydrogen) atoms. The van der Waals surface area contributed by atoms with Crippen molar-refractivity contribution in [2.45, 2.75) is 38.8 Å².